The Hall–Kier alpha value is -0.330. The predicted octanol–water partition coefficient (Wildman–Crippen LogP) is 4.42. The highest BCUT2D eigenvalue weighted by atomic mass is 14.7. The Morgan fingerprint density at radius 2 is 1.50 bits per heavy atom. The quantitative estimate of drug-likeness (QED) is 0.362. The van der Waals surface area contributed by atoms with Gasteiger partial charge in [-0.25, -0.2) is 0 Å². The van der Waals surface area contributed by atoms with Gasteiger partial charge in [0.05, 0.1) is 0 Å². The first-order chi connectivity index (χ1) is 6.91. The average molecular weight is 196 g/mol. The number of hydrogen-bond acceptors (Lipinski definition) is 1. The smallest absolute Gasteiger partial charge is 0.0385 e. The van der Waals surface area contributed by atoms with Crippen molar-refractivity contribution >= 4 is 6.21 Å². The van der Waals surface area contributed by atoms with Crippen LogP contribution in [0.3, 0.4) is 0 Å². The van der Waals surface area contributed by atoms with Gasteiger partial charge in [-0.3, -0.25) is 4.99 Å². The van der Waals surface area contributed by atoms with Crippen LogP contribution in [0.4, 0.5) is 0 Å². The van der Waals surface area contributed by atoms with Gasteiger partial charge >= 0.3 is 0 Å². The minimum Gasteiger partial charge on any atom is -0.298 e. The summed E-state index contributed by atoms with van der Waals surface area (Å²) in [6.45, 7) is 6.98. The molecule has 0 aliphatic carbocycles. The van der Waals surface area contributed by atoms with Gasteiger partial charge in [-0.1, -0.05) is 51.9 Å². The average Bonchev–Trinajstić information content (AvgIpc) is 2.21. The molecule has 0 saturated heterocycles. The molecule has 0 aliphatic rings. The molecule has 0 aromatic heterocycles. The second-order valence-electron chi connectivity index (χ2n) is 3.85. The minimum atomic E-state index is 0.830. The van der Waals surface area contributed by atoms with Gasteiger partial charge in [-0.05, 0) is 26.0 Å². The highest BCUT2D eigenvalue weighted by Crippen LogP contribution is 2.08. The van der Waals surface area contributed by atoms with Crippen LogP contribution in [0, 0.1) is 6.92 Å². The Morgan fingerprint density at radius 3 is 2.07 bits per heavy atom. The number of nitrogens with zero attached hydrogens (tertiary/aromatic N) is 1. The van der Waals surface area contributed by atoms with Crippen LogP contribution in [0.5, 0.6) is 0 Å². The van der Waals surface area contributed by atoms with E-state index in [2.05, 4.69) is 18.8 Å². The number of unbranched alkanes of at least 4 members (excludes halogenated alkanes) is 7. The first-order valence-electron chi connectivity index (χ1n) is 6.19. The van der Waals surface area contributed by atoms with E-state index in [4.69, 9.17) is 0 Å². The SMILES string of the molecule is [CH2]CC=NCCCCCCCCCC. The maximum atomic E-state index is 4.25. The highest BCUT2D eigenvalue weighted by molar-refractivity contribution is 5.57. The van der Waals surface area contributed by atoms with E-state index in [0.717, 1.165) is 13.0 Å². The normalized spacial score (nSPS) is 11.3. The first kappa shape index (κ1) is 13.7. The Balaban J connectivity index is 2.88. The monoisotopic (exact) mass is 196 g/mol. The van der Waals surface area contributed by atoms with E-state index >= 15 is 0 Å². The molecule has 83 valence electrons. The molecule has 0 saturated carbocycles. The molecule has 0 atom stereocenters. The van der Waals surface area contributed by atoms with Crippen molar-refractivity contribution in [2.75, 3.05) is 6.54 Å². The summed E-state index contributed by atoms with van der Waals surface area (Å²) in [5, 5.41) is 0. The Labute approximate surface area is 90.0 Å². The van der Waals surface area contributed by atoms with E-state index in [1.54, 1.807) is 0 Å². The van der Waals surface area contributed by atoms with Crippen molar-refractivity contribution in [3.05, 3.63) is 6.92 Å². The van der Waals surface area contributed by atoms with Crippen molar-refractivity contribution in [3.8, 4) is 0 Å². The summed E-state index contributed by atoms with van der Waals surface area (Å²) in [5.74, 6) is 0. The third-order valence-electron chi connectivity index (χ3n) is 2.40. The van der Waals surface area contributed by atoms with Gasteiger partial charge in [-0.2, -0.15) is 0 Å². The maximum absolute atomic E-state index is 4.25. The first-order valence-corrected chi connectivity index (χ1v) is 6.19. The lowest BCUT2D eigenvalue weighted by Crippen LogP contribution is -1.84. The fourth-order valence-electron chi connectivity index (χ4n) is 1.52. The molecule has 1 heteroatoms. The van der Waals surface area contributed by atoms with Crippen molar-refractivity contribution in [1.82, 2.24) is 0 Å². The number of aliphatic imine (C=N–C) groups is 1. The Kier molecular flexibility index (Phi) is 12.4. The van der Waals surface area contributed by atoms with E-state index < -0.39 is 0 Å². The number of rotatable bonds is 10. The summed E-state index contributed by atoms with van der Waals surface area (Å²) in [7, 11) is 0. The van der Waals surface area contributed by atoms with Crippen LogP contribution in [-0.2, 0) is 0 Å². The van der Waals surface area contributed by atoms with E-state index in [1.165, 1.54) is 51.4 Å². The fourth-order valence-corrected chi connectivity index (χ4v) is 1.52. The van der Waals surface area contributed by atoms with Crippen molar-refractivity contribution in [3.63, 3.8) is 0 Å². The highest BCUT2D eigenvalue weighted by Gasteiger charge is 1.90. The summed E-state index contributed by atoms with van der Waals surface area (Å²) >= 11 is 0. The summed E-state index contributed by atoms with van der Waals surface area (Å²) < 4.78 is 0. The fraction of sp³-hybridized carbons (Fsp3) is 0.846. The molecule has 1 radical (unpaired) electrons. The molecule has 0 aromatic carbocycles. The van der Waals surface area contributed by atoms with Gasteiger partial charge in [0, 0.05) is 6.54 Å². The second kappa shape index (κ2) is 12.7. The standard InChI is InChI=1S/C13H26N/c1-3-5-6-7-8-9-10-11-13-14-12-4-2/h12H,2-11,13H2,1H3. The van der Waals surface area contributed by atoms with E-state index in [9.17, 15) is 0 Å². The van der Waals surface area contributed by atoms with Gasteiger partial charge in [0.1, 0.15) is 0 Å². The lowest BCUT2D eigenvalue weighted by atomic mass is 10.1. The van der Waals surface area contributed by atoms with Crippen molar-refractivity contribution < 1.29 is 0 Å². The van der Waals surface area contributed by atoms with Crippen LogP contribution in [-0.4, -0.2) is 12.8 Å². The molecule has 0 N–H and O–H groups in total. The third-order valence-corrected chi connectivity index (χ3v) is 2.40. The van der Waals surface area contributed by atoms with Gasteiger partial charge < -0.3 is 0 Å². The topological polar surface area (TPSA) is 12.4 Å². The molecule has 0 heterocycles. The number of hydrogen-bond donors (Lipinski definition) is 0. The molecular weight excluding hydrogens is 170 g/mol. The zero-order chi connectivity index (χ0) is 10.5. The zero-order valence-electron chi connectivity index (χ0n) is 9.80. The van der Waals surface area contributed by atoms with Gasteiger partial charge in [0.25, 0.3) is 0 Å². The van der Waals surface area contributed by atoms with Crippen LogP contribution in [0.15, 0.2) is 4.99 Å². The molecule has 0 bridgehead atoms. The third kappa shape index (κ3) is 11.7. The van der Waals surface area contributed by atoms with Gasteiger partial charge in [0.2, 0.25) is 0 Å². The van der Waals surface area contributed by atoms with Gasteiger partial charge in [-0.15, -0.1) is 0 Å². The maximum Gasteiger partial charge on any atom is 0.0385 e. The molecule has 0 rings (SSSR count). The molecule has 14 heavy (non-hydrogen) atoms. The largest absolute Gasteiger partial charge is 0.298 e. The molecule has 0 aromatic rings. The summed E-state index contributed by atoms with van der Waals surface area (Å²) in [4.78, 5) is 4.25. The van der Waals surface area contributed by atoms with Gasteiger partial charge in [0.15, 0.2) is 0 Å². The predicted molar refractivity (Wildman–Crippen MR) is 65.9 cm³/mol. The van der Waals surface area contributed by atoms with Crippen molar-refractivity contribution in [1.29, 1.82) is 0 Å². The lowest BCUT2D eigenvalue weighted by Gasteiger charge is -1.99. The van der Waals surface area contributed by atoms with Crippen LogP contribution in [0.25, 0.3) is 0 Å². The molecule has 0 fully saturated rings. The summed E-state index contributed by atoms with van der Waals surface area (Å²) in [6, 6.07) is 0. The van der Waals surface area contributed by atoms with Crippen LogP contribution >= 0.6 is 0 Å². The second-order valence-corrected chi connectivity index (χ2v) is 3.85. The molecule has 0 amide bonds. The molecule has 0 aliphatic heterocycles. The Morgan fingerprint density at radius 1 is 0.929 bits per heavy atom. The molecule has 0 spiro atoms. The molecule has 0 unspecified atom stereocenters. The minimum absolute atomic E-state index is 0.830. The van der Waals surface area contributed by atoms with E-state index in [1.807, 2.05) is 6.21 Å². The molecule has 1 nitrogen and oxygen atoms in total. The van der Waals surface area contributed by atoms with E-state index in [0.29, 0.717) is 0 Å². The van der Waals surface area contributed by atoms with Crippen molar-refractivity contribution in [2.24, 2.45) is 4.99 Å². The summed E-state index contributed by atoms with van der Waals surface area (Å²) in [5.41, 5.74) is 0. The van der Waals surface area contributed by atoms with Crippen molar-refractivity contribution in [2.45, 2.75) is 64.7 Å². The molecular formula is C13H26N. The van der Waals surface area contributed by atoms with E-state index in [-0.39, 0.29) is 0 Å². The summed E-state index contributed by atoms with van der Waals surface area (Å²) in [6.07, 6.45) is 13.8. The van der Waals surface area contributed by atoms with Crippen LogP contribution in [0.1, 0.15) is 64.7 Å². The van der Waals surface area contributed by atoms with Crippen LogP contribution in [0.2, 0.25) is 0 Å². The van der Waals surface area contributed by atoms with Crippen LogP contribution < -0.4 is 0 Å². The lowest BCUT2D eigenvalue weighted by molar-refractivity contribution is 0.578. The zero-order valence-corrected chi connectivity index (χ0v) is 9.80. The Bertz CT molecular complexity index is 118.